The number of rotatable bonds is 5. The van der Waals surface area contributed by atoms with Gasteiger partial charge >= 0.3 is 0 Å². The number of nitrogens with zero attached hydrogens (tertiary/aromatic N) is 1. The molecular formula is C25H32F2N4O3. The van der Waals surface area contributed by atoms with E-state index in [9.17, 15) is 23.2 Å². The Morgan fingerprint density at radius 3 is 2.44 bits per heavy atom. The van der Waals surface area contributed by atoms with Crippen molar-refractivity contribution in [1.82, 2.24) is 15.5 Å². The molecule has 2 heterocycles. The molecule has 2 saturated carbocycles. The number of benzene rings is 1. The molecule has 0 spiro atoms. The van der Waals surface area contributed by atoms with Gasteiger partial charge in [0.1, 0.15) is 6.04 Å². The molecule has 0 bridgehead atoms. The molecule has 0 aromatic heterocycles. The first-order valence-electron chi connectivity index (χ1n) is 12.5. The van der Waals surface area contributed by atoms with E-state index in [1.165, 1.54) is 0 Å². The molecule has 5 rings (SSSR count). The van der Waals surface area contributed by atoms with E-state index in [0.29, 0.717) is 31.4 Å². The molecule has 1 unspecified atom stereocenters. The summed E-state index contributed by atoms with van der Waals surface area (Å²) in [5.74, 6) is -3.41. The maximum absolute atomic E-state index is 13.5. The Hall–Kier alpha value is -2.55. The fourth-order valence-corrected chi connectivity index (χ4v) is 5.89. The number of amides is 3. The van der Waals surface area contributed by atoms with E-state index in [0.717, 1.165) is 36.9 Å². The number of hydrogen-bond acceptors (Lipinski definition) is 5. The van der Waals surface area contributed by atoms with Crippen LogP contribution in [0.3, 0.4) is 0 Å². The highest BCUT2D eigenvalue weighted by Crippen LogP contribution is 2.35. The maximum Gasteiger partial charge on any atom is 0.255 e. The van der Waals surface area contributed by atoms with Crippen molar-refractivity contribution in [3.05, 3.63) is 29.3 Å². The van der Waals surface area contributed by atoms with E-state index >= 15 is 0 Å². The van der Waals surface area contributed by atoms with E-state index in [1.54, 1.807) is 11.0 Å². The van der Waals surface area contributed by atoms with E-state index in [4.69, 9.17) is 0 Å². The van der Waals surface area contributed by atoms with Gasteiger partial charge in [0, 0.05) is 55.2 Å². The molecule has 4 aliphatic rings. The summed E-state index contributed by atoms with van der Waals surface area (Å²) in [6, 6.07) is 5.61. The lowest BCUT2D eigenvalue weighted by atomic mass is 9.86. The van der Waals surface area contributed by atoms with Crippen LogP contribution in [0.15, 0.2) is 18.2 Å². The monoisotopic (exact) mass is 474 g/mol. The summed E-state index contributed by atoms with van der Waals surface area (Å²) < 4.78 is 27.1. The van der Waals surface area contributed by atoms with Crippen LogP contribution in [-0.4, -0.2) is 52.7 Å². The molecule has 0 radical (unpaired) electrons. The SMILES string of the molecule is O=C1CCC(N2Cc3cc(N[C@@H]4CCCC[C@H]4NC4CCC(F)(F)CC4)ccc3C2=O)C(=O)N1. The second kappa shape index (κ2) is 9.24. The first-order valence-corrected chi connectivity index (χ1v) is 12.5. The topological polar surface area (TPSA) is 90.5 Å². The minimum atomic E-state index is -2.52. The fourth-order valence-electron chi connectivity index (χ4n) is 5.89. The van der Waals surface area contributed by atoms with Crippen molar-refractivity contribution >= 4 is 23.4 Å². The fraction of sp³-hybridized carbons (Fsp3) is 0.640. The van der Waals surface area contributed by atoms with E-state index in [-0.39, 0.29) is 49.2 Å². The Balaban J connectivity index is 1.24. The van der Waals surface area contributed by atoms with Gasteiger partial charge in [-0.25, -0.2) is 8.78 Å². The average molecular weight is 475 g/mol. The highest BCUT2D eigenvalue weighted by Gasteiger charge is 2.40. The second-order valence-electron chi connectivity index (χ2n) is 10.2. The number of nitrogens with one attached hydrogen (secondary N) is 3. The van der Waals surface area contributed by atoms with Crippen molar-refractivity contribution in [3.8, 4) is 0 Å². The lowest BCUT2D eigenvalue weighted by molar-refractivity contribution is -0.136. The zero-order valence-corrected chi connectivity index (χ0v) is 19.2. The van der Waals surface area contributed by atoms with Crippen LogP contribution in [0.4, 0.5) is 14.5 Å². The van der Waals surface area contributed by atoms with Crippen LogP contribution in [0.5, 0.6) is 0 Å². The standard InChI is InChI=1S/C25H32F2N4O3/c26-25(27)11-9-16(10-12-25)28-19-3-1-2-4-20(19)29-17-5-6-18-15(13-17)14-31(24(18)34)21-7-8-22(32)30-23(21)33/h5-6,13,16,19-21,28-29H,1-4,7-12,14H2,(H,30,32,33)/t19-,20-,21?/m1/s1. The molecule has 1 aromatic carbocycles. The highest BCUT2D eigenvalue weighted by atomic mass is 19.3. The normalized spacial score (nSPS) is 29.6. The Bertz CT molecular complexity index is 975. The first kappa shape index (κ1) is 23.2. The van der Waals surface area contributed by atoms with Crippen LogP contribution in [0, 0.1) is 0 Å². The largest absolute Gasteiger partial charge is 0.381 e. The number of halogens is 2. The van der Waals surface area contributed by atoms with Gasteiger partial charge in [0.15, 0.2) is 0 Å². The van der Waals surface area contributed by atoms with Gasteiger partial charge in [-0.15, -0.1) is 0 Å². The molecule has 2 aliphatic heterocycles. The molecule has 9 heteroatoms. The van der Waals surface area contributed by atoms with Crippen LogP contribution < -0.4 is 16.0 Å². The number of carbonyl (C=O) groups is 3. The number of fused-ring (bicyclic) bond motifs is 1. The van der Waals surface area contributed by atoms with E-state index in [2.05, 4.69) is 16.0 Å². The Morgan fingerprint density at radius 1 is 0.971 bits per heavy atom. The van der Waals surface area contributed by atoms with Crippen molar-refractivity contribution in [2.24, 2.45) is 0 Å². The smallest absolute Gasteiger partial charge is 0.255 e. The molecule has 7 nitrogen and oxygen atoms in total. The van der Waals surface area contributed by atoms with Gasteiger partial charge in [-0.2, -0.15) is 0 Å². The van der Waals surface area contributed by atoms with Crippen molar-refractivity contribution in [2.75, 3.05) is 5.32 Å². The molecule has 3 fully saturated rings. The summed E-state index contributed by atoms with van der Waals surface area (Å²) in [7, 11) is 0. The number of anilines is 1. The highest BCUT2D eigenvalue weighted by molar-refractivity contribution is 6.05. The first-order chi connectivity index (χ1) is 16.3. The van der Waals surface area contributed by atoms with Crippen molar-refractivity contribution in [2.45, 2.75) is 101 Å². The summed E-state index contributed by atoms with van der Waals surface area (Å²) in [5, 5.41) is 9.61. The summed E-state index contributed by atoms with van der Waals surface area (Å²) >= 11 is 0. The lowest BCUT2D eigenvalue weighted by Crippen LogP contribution is -2.52. The molecule has 3 amide bonds. The van der Waals surface area contributed by atoms with Gasteiger partial charge in [-0.05, 0) is 55.9 Å². The Morgan fingerprint density at radius 2 is 1.71 bits per heavy atom. The summed E-state index contributed by atoms with van der Waals surface area (Å²) in [6.07, 6.45) is 5.76. The Kier molecular flexibility index (Phi) is 6.31. The third-order valence-electron chi connectivity index (χ3n) is 7.81. The summed E-state index contributed by atoms with van der Waals surface area (Å²) in [4.78, 5) is 38.2. The zero-order chi connectivity index (χ0) is 23.9. The lowest BCUT2D eigenvalue weighted by Gasteiger charge is -2.38. The van der Waals surface area contributed by atoms with E-state index in [1.807, 2.05) is 12.1 Å². The van der Waals surface area contributed by atoms with Crippen LogP contribution in [-0.2, 0) is 16.1 Å². The van der Waals surface area contributed by atoms with Crippen LogP contribution in [0.25, 0.3) is 0 Å². The third-order valence-corrected chi connectivity index (χ3v) is 7.81. The second-order valence-corrected chi connectivity index (χ2v) is 10.2. The van der Waals surface area contributed by atoms with Crippen molar-refractivity contribution in [1.29, 1.82) is 0 Å². The van der Waals surface area contributed by atoms with Gasteiger partial charge in [-0.1, -0.05) is 12.8 Å². The molecule has 3 N–H and O–H groups in total. The van der Waals surface area contributed by atoms with Crippen LogP contribution in [0.2, 0.25) is 0 Å². The molecule has 1 saturated heterocycles. The van der Waals surface area contributed by atoms with Gasteiger partial charge in [0.25, 0.3) is 5.91 Å². The molecular weight excluding hydrogens is 442 g/mol. The predicted molar refractivity (Wildman–Crippen MR) is 122 cm³/mol. The van der Waals surface area contributed by atoms with Crippen molar-refractivity contribution in [3.63, 3.8) is 0 Å². The number of imide groups is 1. The van der Waals surface area contributed by atoms with Gasteiger partial charge < -0.3 is 15.5 Å². The van der Waals surface area contributed by atoms with Gasteiger partial charge in [0.2, 0.25) is 17.7 Å². The van der Waals surface area contributed by atoms with Gasteiger partial charge in [-0.3, -0.25) is 19.7 Å². The van der Waals surface area contributed by atoms with Gasteiger partial charge in [0.05, 0.1) is 0 Å². The third kappa shape index (κ3) is 4.80. The predicted octanol–water partition coefficient (Wildman–Crippen LogP) is 3.34. The van der Waals surface area contributed by atoms with Crippen molar-refractivity contribution < 1.29 is 23.2 Å². The molecule has 2 aliphatic carbocycles. The molecule has 1 aromatic rings. The minimum absolute atomic E-state index is 0.0436. The molecule has 34 heavy (non-hydrogen) atoms. The molecule has 184 valence electrons. The summed E-state index contributed by atoms with van der Waals surface area (Å²) in [5.41, 5.74) is 2.39. The minimum Gasteiger partial charge on any atom is -0.381 e. The maximum atomic E-state index is 13.5. The number of alkyl halides is 2. The Labute approximate surface area is 198 Å². The average Bonchev–Trinajstić information content (AvgIpc) is 3.12. The number of carbonyl (C=O) groups excluding carboxylic acids is 3. The van der Waals surface area contributed by atoms with Crippen LogP contribution >= 0.6 is 0 Å². The van der Waals surface area contributed by atoms with Crippen LogP contribution in [0.1, 0.15) is 80.1 Å². The number of piperidine rings is 1. The number of hydrogen-bond donors (Lipinski definition) is 3. The molecule has 3 atom stereocenters. The zero-order valence-electron chi connectivity index (χ0n) is 19.2. The van der Waals surface area contributed by atoms with E-state index < -0.39 is 17.9 Å². The quantitative estimate of drug-likeness (QED) is 0.570. The summed E-state index contributed by atoms with van der Waals surface area (Å²) in [6.45, 7) is 0.346.